The maximum Gasteiger partial charge on any atom is 0.147 e. The second kappa shape index (κ2) is 13.6. The lowest BCUT2D eigenvalue weighted by atomic mass is 9.86. The van der Waals surface area contributed by atoms with Crippen LogP contribution in [0.1, 0.15) is 65.4 Å². The molecule has 0 aliphatic rings. The Bertz CT molecular complexity index is 421. The van der Waals surface area contributed by atoms with Crippen LogP contribution in [0.2, 0.25) is 0 Å². The largest absolute Gasteiger partial charge is 0.355 e. The minimum Gasteiger partial charge on any atom is -0.355 e. The van der Waals surface area contributed by atoms with Crippen molar-refractivity contribution in [1.82, 2.24) is 0 Å². The predicted molar refractivity (Wildman–Crippen MR) is 108 cm³/mol. The smallest absolute Gasteiger partial charge is 0.147 e. The Hall–Kier alpha value is -0.570. The van der Waals surface area contributed by atoms with E-state index in [1.54, 1.807) is 0 Å². The molecule has 0 fully saturated rings. The molecular formula is C22H37ClO2. The van der Waals surface area contributed by atoms with E-state index in [1.807, 2.05) is 18.2 Å². The summed E-state index contributed by atoms with van der Waals surface area (Å²) < 4.78 is 11.1. The third-order valence-electron chi connectivity index (χ3n) is 4.60. The van der Waals surface area contributed by atoms with Gasteiger partial charge in [0, 0.05) is 12.0 Å². The highest BCUT2D eigenvalue weighted by Crippen LogP contribution is 2.25. The number of ether oxygens (including phenoxy) is 2. The van der Waals surface area contributed by atoms with Crippen LogP contribution in [0.15, 0.2) is 30.3 Å². The zero-order chi connectivity index (χ0) is 18.5. The van der Waals surface area contributed by atoms with Crippen molar-refractivity contribution in [3.63, 3.8) is 0 Å². The van der Waals surface area contributed by atoms with E-state index in [-0.39, 0.29) is 0 Å². The molecule has 4 atom stereocenters. The van der Waals surface area contributed by atoms with Crippen molar-refractivity contribution >= 4 is 11.6 Å². The van der Waals surface area contributed by atoms with E-state index in [9.17, 15) is 0 Å². The van der Waals surface area contributed by atoms with Crippen molar-refractivity contribution in [3.05, 3.63) is 35.9 Å². The van der Waals surface area contributed by atoms with E-state index in [2.05, 4.69) is 39.8 Å². The fraction of sp³-hybridized carbons (Fsp3) is 0.727. The highest BCUT2D eigenvalue weighted by atomic mass is 35.5. The molecule has 0 amide bonds. The first-order valence-corrected chi connectivity index (χ1v) is 10.2. The maximum atomic E-state index is 6.09. The topological polar surface area (TPSA) is 18.5 Å². The van der Waals surface area contributed by atoms with Crippen molar-refractivity contribution < 1.29 is 9.47 Å². The molecule has 0 spiro atoms. The average Bonchev–Trinajstić information content (AvgIpc) is 2.53. The molecule has 0 bridgehead atoms. The Morgan fingerprint density at radius 1 is 0.840 bits per heavy atom. The monoisotopic (exact) mass is 368 g/mol. The van der Waals surface area contributed by atoms with E-state index in [4.69, 9.17) is 21.1 Å². The van der Waals surface area contributed by atoms with Crippen LogP contribution < -0.4 is 0 Å². The second-order valence-corrected chi connectivity index (χ2v) is 8.55. The van der Waals surface area contributed by atoms with Gasteiger partial charge in [0.05, 0.1) is 6.61 Å². The van der Waals surface area contributed by atoms with Crippen LogP contribution in [0, 0.1) is 17.8 Å². The summed E-state index contributed by atoms with van der Waals surface area (Å²) in [6, 6.07) is 10.2. The van der Waals surface area contributed by atoms with Crippen molar-refractivity contribution in [2.24, 2.45) is 17.8 Å². The van der Waals surface area contributed by atoms with Gasteiger partial charge in [-0.15, -0.1) is 11.6 Å². The zero-order valence-electron chi connectivity index (χ0n) is 16.5. The molecule has 1 aromatic carbocycles. The van der Waals surface area contributed by atoms with E-state index in [0.29, 0.717) is 18.8 Å². The van der Waals surface area contributed by atoms with Gasteiger partial charge >= 0.3 is 0 Å². The molecule has 0 radical (unpaired) electrons. The standard InChI is InChI=1S/C22H37ClO2/c1-18(13-19(2)14-20(3)15-21(4)23)9-8-12-24-17-25-16-22-10-6-5-7-11-22/h5-7,10-11,18-21H,8-9,12-17H2,1-4H3. The summed E-state index contributed by atoms with van der Waals surface area (Å²) in [7, 11) is 0. The van der Waals surface area contributed by atoms with Crippen LogP contribution >= 0.6 is 11.6 Å². The Labute approximate surface area is 160 Å². The fourth-order valence-electron chi connectivity index (χ4n) is 3.62. The highest BCUT2D eigenvalue weighted by molar-refractivity contribution is 6.20. The Balaban J connectivity index is 1.98. The quantitative estimate of drug-likeness (QED) is 0.207. The predicted octanol–water partition coefficient (Wildman–Crippen LogP) is 6.66. The van der Waals surface area contributed by atoms with Gasteiger partial charge in [-0.3, -0.25) is 0 Å². The van der Waals surface area contributed by atoms with Gasteiger partial charge in [-0.1, -0.05) is 51.1 Å². The molecule has 2 nitrogen and oxygen atoms in total. The number of rotatable bonds is 14. The van der Waals surface area contributed by atoms with Crippen LogP contribution in [-0.4, -0.2) is 18.8 Å². The lowest BCUT2D eigenvalue weighted by molar-refractivity contribution is -0.0628. The molecule has 0 aliphatic heterocycles. The third-order valence-corrected chi connectivity index (χ3v) is 4.78. The van der Waals surface area contributed by atoms with Crippen LogP contribution in [0.25, 0.3) is 0 Å². The Morgan fingerprint density at radius 2 is 1.48 bits per heavy atom. The molecule has 0 N–H and O–H groups in total. The minimum absolute atomic E-state index is 0.292. The van der Waals surface area contributed by atoms with Crippen molar-refractivity contribution in [1.29, 1.82) is 0 Å². The molecule has 25 heavy (non-hydrogen) atoms. The van der Waals surface area contributed by atoms with Gasteiger partial charge in [0.25, 0.3) is 0 Å². The molecule has 3 heteroatoms. The SMILES string of the molecule is CC(Cl)CC(C)CC(C)CC(C)CCCOCOCc1ccccc1. The van der Waals surface area contributed by atoms with Crippen LogP contribution in [0.4, 0.5) is 0 Å². The number of alkyl halides is 1. The summed E-state index contributed by atoms with van der Waals surface area (Å²) in [5.74, 6) is 2.25. The summed E-state index contributed by atoms with van der Waals surface area (Å²) >= 11 is 6.09. The Kier molecular flexibility index (Phi) is 12.2. The maximum absolute atomic E-state index is 6.09. The van der Waals surface area contributed by atoms with Crippen molar-refractivity contribution in [3.8, 4) is 0 Å². The molecule has 144 valence electrons. The number of hydrogen-bond donors (Lipinski definition) is 0. The van der Waals surface area contributed by atoms with Crippen LogP contribution in [-0.2, 0) is 16.1 Å². The first-order chi connectivity index (χ1) is 12.0. The average molecular weight is 369 g/mol. The lowest BCUT2D eigenvalue weighted by Crippen LogP contribution is -2.11. The lowest BCUT2D eigenvalue weighted by Gasteiger charge is -2.21. The number of hydrogen-bond acceptors (Lipinski definition) is 2. The van der Waals surface area contributed by atoms with Gasteiger partial charge in [-0.05, 0) is 62.3 Å². The third kappa shape index (κ3) is 12.4. The summed E-state index contributed by atoms with van der Waals surface area (Å²) in [5.41, 5.74) is 1.19. The van der Waals surface area contributed by atoms with Crippen LogP contribution in [0.5, 0.6) is 0 Å². The molecule has 0 heterocycles. The van der Waals surface area contributed by atoms with E-state index in [0.717, 1.165) is 37.2 Å². The molecule has 0 aliphatic carbocycles. The van der Waals surface area contributed by atoms with E-state index in [1.165, 1.54) is 24.8 Å². The fourth-order valence-corrected chi connectivity index (χ4v) is 3.93. The van der Waals surface area contributed by atoms with Gasteiger partial charge < -0.3 is 9.47 Å². The minimum atomic E-state index is 0.292. The second-order valence-electron chi connectivity index (χ2n) is 7.81. The molecule has 4 unspecified atom stereocenters. The Morgan fingerprint density at radius 3 is 2.16 bits per heavy atom. The van der Waals surface area contributed by atoms with Crippen molar-refractivity contribution in [2.45, 2.75) is 71.8 Å². The van der Waals surface area contributed by atoms with Crippen molar-refractivity contribution in [2.75, 3.05) is 13.4 Å². The van der Waals surface area contributed by atoms with Gasteiger partial charge in [0.2, 0.25) is 0 Å². The van der Waals surface area contributed by atoms with Gasteiger partial charge in [-0.2, -0.15) is 0 Å². The van der Waals surface area contributed by atoms with Gasteiger partial charge in [0.1, 0.15) is 6.79 Å². The first-order valence-electron chi connectivity index (χ1n) is 9.80. The molecular weight excluding hydrogens is 332 g/mol. The highest BCUT2D eigenvalue weighted by Gasteiger charge is 2.14. The summed E-state index contributed by atoms with van der Waals surface area (Å²) in [6.07, 6.45) is 6.04. The summed E-state index contributed by atoms with van der Waals surface area (Å²) in [5, 5.41) is 0.292. The number of halogens is 1. The summed E-state index contributed by atoms with van der Waals surface area (Å²) in [4.78, 5) is 0. The molecule has 0 saturated carbocycles. The first kappa shape index (κ1) is 22.5. The van der Waals surface area contributed by atoms with Crippen LogP contribution in [0.3, 0.4) is 0 Å². The summed E-state index contributed by atoms with van der Waals surface area (Å²) in [6.45, 7) is 10.9. The van der Waals surface area contributed by atoms with E-state index >= 15 is 0 Å². The molecule has 1 rings (SSSR count). The van der Waals surface area contributed by atoms with E-state index < -0.39 is 0 Å². The normalized spacial score (nSPS) is 16.4. The number of benzene rings is 1. The zero-order valence-corrected chi connectivity index (χ0v) is 17.3. The molecule has 0 aromatic heterocycles. The van der Waals surface area contributed by atoms with Gasteiger partial charge in [-0.25, -0.2) is 0 Å². The van der Waals surface area contributed by atoms with Gasteiger partial charge in [0.15, 0.2) is 0 Å². The molecule has 0 saturated heterocycles. The molecule has 1 aromatic rings.